The Morgan fingerprint density at radius 3 is 2.85 bits per heavy atom. The molecule has 26 heavy (non-hydrogen) atoms. The highest BCUT2D eigenvalue weighted by Crippen LogP contribution is 2.35. The normalized spacial score (nSPS) is 12.8. The summed E-state index contributed by atoms with van der Waals surface area (Å²) < 4.78 is 40.8. The second-order valence-corrected chi connectivity index (χ2v) is 7.47. The van der Waals surface area contributed by atoms with Gasteiger partial charge in [0.25, 0.3) is 0 Å². The molecule has 4 rings (SSSR count). The minimum atomic E-state index is -4.44. The molecule has 0 unspecified atom stereocenters. The van der Waals surface area contributed by atoms with E-state index in [2.05, 4.69) is 9.97 Å². The summed E-state index contributed by atoms with van der Waals surface area (Å²) >= 11 is 8.67. The van der Waals surface area contributed by atoms with Crippen LogP contribution in [0.25, 0.3) is 26.8 Å². The van der Waals surface area contributed by atoms with E-state index in [0.717, 1.165) is 23.5 Å². The summed E-state index contributed by atoms with van der Waals surface area (Å²) in [4.78, 5) is 9.06. The van der Waals surface area contributed by atoms with Crippen LogP contribution in [0, 0.1) is 11.3 Å². The van der Waals surface area contributed by atoms with E-state index < -0.39 is 11.7 Å². The molecule has 0 bridgehead atoms. The molecular formula is C16H6ClF3N4S2. The molecule has 1 aromatic carbocycles. The largest absolute Gasteiger partial charge is 0.416 e. The highest BCUT2D eigenvalue weighted by Gasteiger charge is 2.30. The van der Waals surface area contributed by atoms with Gasteiger partial charge >= 0.3 is 6.18 Å². The van der Waals surface area contributed by atoms with E-state index in [1.807, 2.05) is 11.4 Å². The molecule has 0 spiro atoms. The number of benzene rings is 1. The van der Waals surface area contributed by atoms with Crippen LogP contribution in [-0.2, 0) is 6.18 Å². The van der Waals surface area contributed by atoms with Crippen LogP contribution in [0.3, 0.4) is 0 Å². The van der Waals surface area contributed by atoms with Crippen molar-refractivity contribution in [2.75, 3.05) is 0 Å². The predicted molar refractivity (Wildman–Crippen MR) is 96.2 cm³/mol. The van der Waals surface area contributed by atoms with Crippen molar-refractivity contribution < 1.29 is 13.2 Å². The Bertz CT molecular complexity index is 1210. The smallest absolute Gasteiger partial charge is 0.289 e. The molecule has 0 amide bonds. The minimum absolute atomic E-state index is 0.195. The Labute approximate surface area is 157 Å². The van der Waals surface area contributed by atoms with E-state index in [9.17, 15) is 18.4 Å². The van der Waals surface area contributed by atoms with Gasteiger partial charge in [0.2, 0.25) is 0 Å². The van der Waals surface area contributed by atoms with Crippen LogP contribution in [0.4, 0.5) is 13.2 Å². The van der Waals surface area contributed by atoms with Crippen LogP contribution < -0.4 is 0 Å². The van der Waals surface area contributed by atoms with E-state index in [4.69, 9.17) is 11.6 Å². The fourth-order valence-electron chi connectivity index (χ4n) is 2.40. The average Bonchev–Trinajstić information content (AvgIpc) is 3.26. The number of nitrogens with zero attached hydrogens (tertiary/aromatic N) is 4. The first-order valence-corrected chi connectivity index (χ1v) is 9.15. The molecule has 0 atom stereocenters. The van der Waals surface area contributed by atoms with Gasteiger partial charge in [-0.25, -0.2) is 9.97 Å². The number of allylic oxidation sites excluding steroid dienone is 1. The van der Waals surface area contributed by atoms with E-state index in [0.29, 0.717) is 20.4 Å². The Balaban J connectivity index is 1.83. The quantitative estimate of drug-likeness (QED) is 0.396. The predicted octanol–water partition coefficient (Wildman–Crippen LogP) is 5.74. The lowest BCUT2D eigenvalue weighted by Crippen LogP contribution is -2.03. The van der Waals surface area contributed by atoms with Crippen molar-refractivity contribution in [3.05, 3.63) is 51.2 Å². The van der Waals surface area contributed by atoms with Gasteiger partial charge < -0.3 is 0 Å². The fourth-order valence-corrected chi connectivity index (χ4v) is 4.31. The highest BCUT2D eigenvalue weighted by molar-refractivity contribution is 7.19. The van der Waals surface area contributed by atoms with Gasteiger partial charge in [-0.15, -0.1) is 22.7 Å². The number of hydrogen-bond donors (Lipinski definition) is 0. The maximum Gasteiger partial charge on any atom is 0.416 e. The third-order valence-corrected chi connectivity index (χ3v) is 5.71. The molecule has 0 aliphatic rings. The molecule has 0 aliphatic heterocycles. The number of alkyl halides is 3. The number of halogens is 4. The van der Waals surface area contributed by atoms with E-state index in [1.54, 1.807) is 10.6 Å². The van der Waals surface area contributed by atoms with Crippen molar-refractivity contribution in [2.45, 2.75) is 6.18 Å². The van der Waals surface area contributed by atoms with Crippen LogP contribution in [0.5, 0.6) is 0 Å². The number of fused-ring (bicyclic) bond motifs is 2. The summed E-state index contributed by atoms with van der Waals surface area (Å²) in [5.41, 5.74) is 0.147. The van der Waals surface area contributed by atoms with Gasteiger partial charge in [0.15, 0.2) is 10.1 Å². The second kappa shape index (κ2) is 6.09. The van der Waals surface area contributed by atoms with Crippen molar-refractivity contribution in [2.24, 2.45) is 0 Å². The zero-order valence-corrected chi connectivity index (χ0v) is 15.0. The van der Waals surface area contributed by atoms with Crippen LogP contribution >= 0.6 is 34.3 Å². The Morgan fingerprint density at radius 1 is 1.31 bits per heavy atom. The number of rotatable bonds is 2. The first kappa shape index (κ1) is 17.0. The third-order valence-electron chi connectivity index (χ3n) is 3.60. The maximum atomic E-state index is 12.9. The summed E-state index contributed by atoms with van der Waals surface area (Å²) in [5, 5.41) is 11.9. The molecule has 4 nitrogen and oxygen atoms in total. The monoisotopic (exact) mass is 410 g/mol. The number of imidazole rings is 1. The van der Waals surface area contributed by atoms with Gasteiger partial charge in [0.1, 0.15) is 11.1 Å². The summed E-state index contributed by atoms with van der Waals surface area (Å²) in [7, 11) is 0. The molecule has 0 radical (unpaired) electrons. The maximum absolute atomic E-state index is 12.9. The first-order valence-electron chi connectivity index (χ1n) is 7.08. The molecule has 3 heterocycles. The molecule has 3 aromatic heterocycles. The zero-order valence-electron chi connectivity index (χ0n) is 12.6. The van der Waals surface area contributed by atoms with E-state index >= 15 is 0 Å². The van der Waals surface area contributed by atoms with E-state index in [-0.39, 0.29) is 16.2 Å². The van der Waals surface area contributed by atoms with Gasteiger partial charge in [-0.2, -0.15) is 18.4 Å². The molecule has 0 aliphatic carbocycles. The number of thiazole rings is 2. The van der Waals surface area contributed by atoms with Crippen LogP contribution in [0.2, 0.25) is 5.15 Å². The molecule has 130 valence electrons. The average molecular weight is 411 g/mol. The minimum Gasteiger partial charge on any atom is -0.289 e. The lowest BCUT2D eigenvalue weighted by atomic mass is 10.2. The van der Waals surface area contributed by atoms with Gasteiger partial charge in [0, 0.05) is 11.6 Å². The molecule has 10 heteroatoms. The number of aromatic nitrogens is 3. The summed E-state index contributed by atoms with van der Waals surface area (Å²) in [6, 6.07) is 5.38. The zero-order chi connectivity index (χ0) is 18.5. The summed E-state index contributed by atoms with van der Waals surface area (Å²) in [5.74, 6) is 0. The van der Waals surface area contributed by atoms with Gasteiger partial charge in [0.05, 0.1) is 27.0 Å². The van der Waals surface area contributed by atoms with Crippen LogP contribution in [0.1, 0.15) is 16.3 Å². The van der Waals surface area contributed by atoms with Crippen molar-refractivity contribution in [1.82, 2.24) is 14.4 Å². The van der Waals surface area contributed by atoms with Gasteiger partial charge in [-0.3, -0.25) is 4.40 Å². The lowest BCUT2D eigenvalue weighted by Gasteiger charge is -2.04. The molecule has 0 fully saturated rings. The Kier molecular flexibility index (Phi) is 3.99. The van der Waals surface area contributed by atoms with Crippen molar-refractivity contribution in [3.8, 4) is 6.07 Å². The number of nitriles is 1. The molecule has 0 saturated heterocycles. The molecular weight excluding hydrogens is 405 g/mol. The second-order valence-electron chi connectivity index (χ2n) is 5.21. The standard InChI is InChI=1S/C16H6ClF3N4S2/c17-13-11(24-3-4-25-15(24)23-13)5-8(7-21)14-22-10-6-9(16(18,19)20)1-2-12(10)26-14/h1-6H/b8-5+. The Morgan fingerprint density at radius 2 is 2.12 bits per heavy atom. The molecule has 0 saturated carbocycles. The van der Waals surface area contributed by atoms with Gasteiger partial charge in [-0.1, -0.05) is 11.6 Å². The SMILES string of the molecule is N#C/C(=C\c1c(Cl)nc2sccn12)c1nc2cc(C(F)(F)F)ccc2s1. The molecule has 4 aromatic rings. The van der Waals surface area contributed by atoms with Crippen molar-refractivity contribution >= 4 is 61.1 Å². The summed E-state index contributed by atoms with van der Waals surface area (Å²) in [6.07, 6.45) is -1.13. The fraction of sp³-hybridized carbons (Fsp3) is 0.0625. The topological polar surface area (TPSA) is 54.0 Å². The van der Waals surface area contributed by atoms with Crippen LogP contribution in [-0.4, -0.2) is 14.4 Å². The van der Waals surface area contributed by atoms with Crippen molar-refractivity contribution in [1.29, 1.82) is 5.26 Å². The lowest BCUT2D eigenvalue weighted by molar-refractivity contribution is -0.137. The first-order chi connectivity index (χ1) is 12.4. The number of hydrogen-bond acceptors (Lipinski definition) is 5. The third kappa shape index (κ3) is 2.86. The highest BCUT2D eigenvalue weighted by atomic mass is 35.5. The van der Waals surface area contributed by atoms with Gasteiger partial charge in [-0.05, 0) is 24.3 Å². The summed E-state index contributed by atoms with van der Waals surface area (Å²) in [6.45, 7) is 0. The van der Waals surface area contributed by atoms with E-state index in [1.165, 1.54) is 23.5 Å². The van der Waals surface area contributed by atoms with Crippen molar-refractivity contribution in [3.63, 3.8) is 0 Å². The Hall–Kier alpha value is -2.41. The molecule has 0 N–H and O–H groups in total. The van der Waals surface area contributed by atoms with Crippen LogP contribution in [0.15, 0.2) is 29.8 Å².